The van der Waals surface area contributed by atoms with Gasteiger partial charge in [0.1, 0.15) is 0 Å². The van der Waals surface area contributed by atoms with Gasteiger partial charge in [-0.1, -0.05) is 19.1 Å². The van der Waals surface area contributed by atoms with Crippen LogP contribution in [0.4, 0.5) is 5.69 Å². The fourth-order valence-electron chi connectivity index (χ4n) is 1.14. The molecule has 0 aliphatic carbocycles. The lowest BCUT2D eigenvalue weighted by Gasteiger charge is -2.10. The Balaban J connectivity index is 2.63. The van der Waals surface area contributed by atoms with Crippen LogP contribution in [0.5, 0.6) is 0 Å². The highest BCUT2D eigenvalue weighted by molar-refractivity contribution is 7.99. The van der Waals surface area contributed by atoms with Crippen LogP contribution in [0.3, 0.4) is 0 Å². The molecule has 0 heterocycles. The number of thioether (sulfide) groups is 1. The Hall–Kier alpha value is -0.670. The van der Waals surface area contributed by atoms with E-state index in [1.165, 1.54) is 5.56 Å². The van der Waals surface area contributed by atoms with E-state index in [4.69, 9.17) is 10.8 Å². The Labute approximate surface area is 89.5 Å². The van der Waals surface area contributed by atoms with Gasteiger partial charge < -0.3 is 10.8 Å². The van der Waals surface area contributed by atoms with Gasteiger partial charge in [0, 0.05) is 16.7 Å². The maximum absolute atomic E-state index is 8.89. The van der Waals surface area contributed by atoms with Crippen molar-refractivity contribution >= 4 is 17.4 Å². The van der Waals surface area contributed by atoms with Gasteiger partial charge in [-0.3, -0.25) is 0 Å². The minimum atomic E-state index is 0.228. The molecule has 0 aliphatic rings. The molecule has 1 rings (SSSR count). The first kappa shape index (κ1) is 11.4. The van der Waals surface area contributed by atoms with Gasteiger partial charge in [0.05, 0.1) is 6.61 Å². The van der Waals surface area contributed by atoms with E-state index in [0.717, 1.165) is 17.0 Å². The molecular formula is C11H17NOS. The monoisotopic (exact) mass is 211 g/mol. The average molecular weight is 211 g/mol. The largest absolute Gasteiger partial charge is 0.399 e. The van der Waals surface area contributed by atoms with Crippen molar-refractivity contribution in [3.8, 4) is 0 Å². The molecule has 0 radical (unpaired) electrons. The van der Waals surface area contributed by atoms with E-state index in [1.807, 2.05) is 26.0 Å². The molecule has 1 aromatic rings. The van der Waals surface area contributed by atoms with E-state index >= 15 is 0 Å². The van der Waals surface area contributed by atoms with Crippen LogP contribution in [-0.4, -0.2) is 17.0 Å². The van der Waals surface area contributed by atoms with Crippen LogP contribution in [-0.2, 0) is 5.75 Å². The highest BCUT2D eigenvalue weighted by Crippen LogP contribution is 2.22. The van der Waals surface area contributed by atoms with Gasteiger partial charge in [-0.05, 0) is 24.1 Å². The van der Waals surface area contributed by atoms with Crippen LogP contribution in [0.2, 0.25) is 0 Å². The van der Waals surface area contributed by atoms with Crippen molar-refractivity contribution in [2.45, 2.75) is 24.9 Å². The highest BCUT2D eigenvalue weighted by atomic mass is 32.2. The van der Waals surface area contributed by atoms with Crippen molar-refractivity contribution in [1.29, 1.82) is 0 Å². The molecule has 0 aromatic heterocycles. The summed E-state index contributed by atoms with van der Waals surface area (Å²) in [5.74, 6) is 0.915. The van der Waals surface area contributed by atoms with Gasteiger partial charge >= 0.3 is 0 Å². The van der Waals surface area contributed by atoms with Gasteiger partial charge in [-0.2, -0.15) is 11.8 Å². The molecule has 3 N–H and O–H groups in total. The fraction of sp³-hybridized carbons (Fsp3) is 0.455. The van der Waals surface area contributed by atoms with Crippen LogP contribution in [0, 0.1) is 6.92 Å². The number of nitrogen functional groups attached to an aromatic ring is 1. The summed E-state index contributed by atoms with van der Waals surface area (Å²) in [5.41, 5.74) is 9.06. The zero-order valence-corrected chi connectivity index (χ0v) is 9.47. The topological polar surface area (TPSA) is 46.2 Å². The van der Waals surface area contributed by atoms with E-state index in [-0.39, 0.29) is 11.9 Å². The van der Waals surface area contributed by atoms with Crippen molar-refractivity contribution in [3.63, 3.8) is 0 Å². The smallest absolute Gasteiger partial charge is 0.0547 e. The third-order valence-corrected chi connectivity index (χ3v) is 3.46. The van der Waals surface area contributed by atoms with Gasteiger partial charge in [0.15, 0.2) is 0 Å². The van der Waals surface area contributed by atoms with Crippen LogP contribution >= 0.6 is 11.8 Å². The highest BCUT2D eigenvalue weighted by Gasteiger charge is 2.04. The summed E-state index contributed by atoms with van der Waals surface area (Å²) in [6.45, 7) is 4.28. The molecule has 1 aromatic carbocycles. The maximum Gasteiger partial charge on any atom is 0.0547 e. The summed E-state index contributed by atoms with van der Waals surface area (Å²) in [5, 5.41) is 9.18. The van der Waals surface area contributed by atoms with Crippen molar-refractivity contribution < 1.29 is 5.11 Å². The number of nitrogens with two attached hydrogens (primary N) is 1. The fourth-order valence-corrected chi connectivity index (χ4v) is 2.03. The normalized spacial score (nSPS) is 12.8. The summed E-state index contributed by atoms with van der Waals surface area (Å²) >= 11 is 1.75. The summed E-state index contributed by atoms with van der Waals surface area (Å²) in [4.78, 5) is 0. The minimum Gasteiger partial charge on any atom is -0.399 e. The van der Waals surface area contributed by atoms with Crippen LogP contribution < -0.4 is 5.73 Å². The molecule has 0 aliphatic heterocycles. The van der Waals surface area contributed by atoms with Crippen molar-refractivity contribution in [2.24, 2.45) is 0 Å². The second-order valence-electron chi connectivity index (χ2n) is 3.44. The maximum atomic E-state index is 8.89. The molecule has 0 amide bonds. The van der Waals surface area contributed by atoms with Crippen molar-refractivity contribution in [1.82, 2.24) is 0 Å². The first-order chi connectivity index (χ1) is 6.65. The second-order valence-corrected chi connectivity index (χ2v) is 4.86. The van der Waals surface area contributed by atoms with E-state index in [0.29, 0.717) is 0 Å². The molecule has 1 atom stereocenters. The van der Waals surface area contributed by atoms with Gasteiger partial charge in [-0.25, -0.2) is 0 Å². The Morgan fingerprint density at radius 1 is 1.50 bits per heavy atom. The van der Waals surface area contributed by atoms with Crippen LogP contribution in [0.25, 0.3) is 0 Å². The lowest BCUT2D eigenvalue weighted by atomic mass is 10.1. The van der Waals surface area contributed by atoms with E-state index in [1.54, 1.807) is 11.8 Å². The molecule has 2 nitrogen and oxygen atoms in total. The second kappa shape index (κ2) is 5.27. The molecule has 3 heteroatoms. The summed E-state index contributed by atoms with van der Waals surface area (Å²) in [7, 11) is 0. The van der Waals surface area contributed by atoms with E-state index < -0.39 is 0 Å². The molecule has 0 fully saturated rings. The Kier molecular flexibility index (Phi) is 4.29. The Bertz CT molecular complexity index is 301. The Morgan fingerprint density at radius 3 is 2.86 bits per heavy atom. The third kappa shape index (κ3) is 2.93. The SMILES string of the molecule is Cc1c(N)cccc1CSC(C)CO. The predicted molar refractivity (Wildman–Crippen MR) is 63.4 cm³/mol. The van der Waals surface area contributed by atoms with Gasteiger partial charge in [-0.15, -0.1) is 0 Å². The summed E-state index contributed by atoms with van der Waals surface area (Å²) in [6, 6.07) is 5.98. The lowest BCUT2D eigenvalue weighted by molar-refractivity contribution is 0.300. The zero-order valence-electron chi connectivity index (χ0n) is 8.66. The number of anilines is 1. The average Bonchev–Trinajstić information content (AvgIpc) is 2.20. The number of aliphatic hydroxyl groups is 1. The summed E-state index contributed by atoms with van der Waals surface area (Å²) in [6.07, 6.45) is 0. The van der Waals surface area contributed by atoms with Gasteiger partial charge in [0.2, 0.25) is 0 Å². The first-order valence-electron chi connectivity index (χ1n) is 4.71. The minimum absolute atomic E-state index is 0.228. The van der Waals surface area contributed by atoms with Crippen molar-refractivity contribution in [3.05, 3.63) is 29.3 Å². The molecule has 0 saturated heterocycles. The van der Waals surface area contributed by atoms with Crippen LogP contribution in [0.1, 0.15) is 18.1 Å². The first-order valence-corrected chi connectivity index (χ1v) is 5.76. The molecule has 0 bridgehead atoms. The standard InChI is InChI=1S/C11H17NOS/c1-8(6-13)14-7-10-4-3-5-11(12)9(10)2/h3-5,8,13H,6-7,12H2,1-2H3. The number of benzene rings is 1. The molecule has 0 spiro atoms. The molecular weight excluding hydrogens is 194 g/mol. The zero-order chi connectivity index (χ0) is 10.6. The lowest BCUT2D eigenvalue weighted by Crippen LogP contribution is -2.03. The summed E-state index contributed by atoms with van der Waals surface area (Å²) < 4.78 is 0. The van der Waals surface area contributed by atoms with E-state index in [9.17, 15) is 0 Å². The van der Waals surface area contributed by atoms with Gasteiger partial charge in [0.25, 0.3) is 0 Å². The molecule has 1 unspecified atom stereocenters. The van der Waals surface area contributed by atoms with Crippen LogP contribution in [0.15, 0.2) is 18.2 Å². The Morgan fingerprint density at radius 2 is 2.21 bits per heavy atom. The quantitative estimate of drug-likeness (QED) is 0.750. The molecule has 0 saturated carbocycles. The molecule has 78 valence electrons. The number of hydrogen-bond acceptors (Lipinski definition) is 3. The van der Waals surface area contributed by atoms with Crippen molar-refractivity contribution in [2.75, 3.05) is 12.3 Å². The number of rotatable bonds is 4. The van der Waals surface area contributed by atoms with E-state index in [2.05, 4.69) is 6.07 Å². The third-order valence-electron chi connectivity index (χ3n) is 2.27. The predicted octanol–water partition coefficient (Wildman–Crippen LogP) is 2.19. The number of aliphatic hydroxyl groups excluding tert-OH is 1. The molecule has 14 heavy (non-hydrogen) atoms. The number of hydrogen-bond donors (Lipinski definition) is 2.